The quantitative estimate of drug-likeness (QED) is 0.823. The molecule has 4 saturated carbocycles. The number of aromatic nitrogens is 3. The Kier molecular flexibility index (Phi) is 4.21. The first-order valence-electron chi connectivity index (χ1n) is 11.8. The van der Waals surface area contributed by atoms with Crippen molar-refractivity contribution in [1.82, 2.24) is 19.7 Å². The Balaban J connectivity index is 1.21. The van der Waals surface area contributed by atoms with Crippen LogP contribution in [0.4, 0.5) is 5.69 Å². The second-order valence-electron chi connectivity index (χ2n) is 10.6. The Bertz CT molecular complexity index is 1040. The molecule has 4 aliphatic carbocycles. The molecule has 7 heteroatoms. The lowest BCUT2D eigenvalue weighted by Gasteiger charge is -2.56. The lowest BCUT2D eigenvalue weighted by atomic mass is 9.49. The molecule has 1 saturated heterocycles. The van der Waals surface area contributed by atoms with Crippen molar-refractivity contribution in [3.8, 4) is 0 Å². The number of nitrogens with one attached hydrogen (secondary N) is 1. The van der Waals surface area contributed by atoms with Crippen LogP contribution in [0.5, 0.6) is 0 Å². The number of rotatable bonds is 3. The number of hydrogen-bond donors (Lipinski definition) is 1. The van der Waals surface area contributed by atoms with Crippen molar-refractivity contribution < 1.29 is 9.59 Å². The summed E-state index contributed by atoms with van der Waals surface area (Å²) >= 11 is 0. The zero-order valence-electron chi connectivity index (χ0n) is 18.4. The molecule has 2 aromatic rings. The van der Waals surface area contributed by atoms with Crippen LogP contribution in [0.1, 0.15) is 57.1 Å². The molecule has 164 valence electrons. The molecule has 5 fully saturated rings. The molecule has 0 spiro atoms. The number of hydrogen-bond acceptors (Lipinski definition) is 4. The second-order valence-corrected chi connectivity index (χ2v) is 10.6. The largest absolute Gasteiger partial charge is 0.330 e. The number of aryl methyl sites for hydroxylation is 2. The summed E-state index contributed by atoms with van der Waals surface area (Å²) in [5.41, 5.74) is 2.17. The zero-order valence-corrected chi connectivity index (χ0v) is 18.4. The number of carbonyl (C=O) groups is 2. The highest BCUT2D eigenvalue weighted by Gasteiger charge is 2.56. The lowest BCUT2D eigenvalue weighted by molar-refractivity contribution is -0.160. The summed E-state index contributed by atoms with van der Waals surface area (Å²) in [7, 11) is 1.87. The van der Waals surface area contributed by atoms with E-state index in [1.165, 1.54) is 19.3 Å². The van der Waals surface area contributed by atoms with E-state index in [0.717, 1.165) is 66.6 Å². The van der Waals surface area contributed by atoms with Crippen LogP contribution in [0.3, 0.4) is 0 Å². The molecular formula is C24H31N5O2. The van der Waals surface area contributed by atoms with E-state index in [0.29, 0.717) is 12.2 Å². The summed E-state index contributed by atoms with van der Waals surface area (Å²) in [6, 6.07) is 1.56. The molecule has 2 amide bonds. The van der Waals surface area contributed by atoms with E-state index in [-0.39, 0.29) is 23.3 Å². The van der Waals surface area contributed by atoms with Crippen LogP contribution >= 0.6 is 0 Å². The smallest absolute Gasteiger partial charge is 0.247 e. The van der Waals surface area contributed by atoms with Crippen molar-refractivity contribution >= 4 is 28.5 Å². The molecule has 7 nitrogen and oxygen atoms in total. The maximum Gasteiger partial charge on any atom is 0.247 e. The van der Waals surface area contributed by atoms with Crippen LogP contribution < -0.4 is 5.32 Å². The molecule has 1 unspecified atom stereocenters. The summed E-state index contributed by atoms with van der Waals surface area (Å²) < 4.78 is 1.75. The van der Waals surface area contributed by atoms with Crippen LogP contribution in [0.2, 0.25) is 0 Å². The highest BCUT2D eigenvalue weighted by molar-refractivity contribution is 5.99. The fourth-order valence-electron chi connectivity index (χ4n) is 7.56. The Hall–Kier alpha value is -2.44. The van der Waals surface area contributed by atoms with Crippen LogP contribution in [-0.2, 0) is 16.6 Å². The van der Waals surface area contributed by atoms with Crippen molar-refractivity contribution in [2.45, 2.75) is 64.3 Å². The fraction of sp³-hybridized carbons (Fsp3) is 0.667. The summed E-state index contributed by atoms with van der Waals surface area (Å²) in [6.07, 6.45) is 10.4. The SMILES string of the molecule is Cc1nn(C)c2ncc(NC(=O)C3CCCN3C(=O)C34CC5CC(CC(C5)C3)C4)cc12. The van der Waals surface area contributed by atoms with Gasteiger partial charge >= 0.3 is 0 Å². The predicted octanol–water partition coefficient (Wildman–Crippen LogP) is 3.42. The summed E-state index contributed by atoms with van der Waals surface area (Å²) in [4.78, 5) is 33.4. The first-order chi connectivity index (χ1) is 14.9. The van der Waals surface area contributed by atoms with Gasteiger partial charge in [-0.3, -0.25) is 14.3 Å². The van der Waals surface area contributed by atoms with E-state index >= 15 is 0 Å². The Morgan fingerprint density at radius 1 is 1.13 bits per heavy atom. The van der Waals surface area contributed by atoms with Gasteiger partial charge in [0.05, 0.1) is 23.0 Å². The van der Waals surface area contributed by atoms with Gasteiger partial charge in [-0.25, -0.2) is 4.98 Å². The Labute approximate surface area is 182 Å². The van der Waals surface area contributed by atoms with Crippen molar-refractivity contribution in [2.24, 2.45) is 30.2 Å². The third-order valence-electron chi connectivity index (χ3n) is 8.44. The minimum absolute atomic E-state index is 0.0849. The van der Waals surface area contributed by atoms with E-state index in [4.69, 9.17) is 0 Å². The second kappa shape index (κ2) is 6.78. The number of pyridine rings is 1. The van der Waals surface area contributed by atoms with Crippen molar-refractivity contribution in [3.63, 3.8) is 0 Å². The molecule has 7 rings (SSSR count). The zero-order chi connectivity index (χ0) is 21.3. The van der Waals surface area contributed by atoms with Gasteiger partial charge in [0.2, 0.25) is 11.8 Å². The van der Waals surface area contributed by atoms with Crippen molar-refractivity contribution in [1.29, 1.82) is 0 Å². The molecule has 3 heterocycles. The molecule has 0 aromatic carbocycles. The minimum Gasteiger partial charge on any atom is -0.330 e. The molecule has 4 bridgehead atoms. The van der Waals surface area contributed by atoms with Crippen LogP contribution in [0.25, 0.3) is 11.0 Å². The average molecular weight is 422 g/mol. The van der Waals surface area contributed by atoms with Crippen LogP contribution in [-0.4, -0.2) is 44.1 Å². The highest BCUT2D eigenvalue weighted by Crippen LogP contribution is 2.60. The van der Waals surface area contributed by atoms with E-state index in [1.807, 2.05) is 24.9 Å². The van der Waals surface area contributed by atoms with Gasteiger partial charge in [-0.05, 0) is 82.1 Å². The Morgan fingerprint density at radius 3 is 2.48 bits per heavy atom. The Morgan fingerprint density at radius 2 is 1.81 bits per heavy atom. The first kappa shape index (κ1) is 19.3. The number of carbonyl (C=O) groups excluding carboxylic acids is 2. The average Bonchev–Trinajstić information content (AvgIpc) is 3.31. The van der Waals surface area contributed by atoms with Gasteiger partial charge in [0.1, 0.15) is 6.04 Å². The molecule has 5 aliphatic rings. The van der Waals surface area contributed by atoms with Gasteiger partial charge in [0.15, 0.2) is 5.65 Å². The number of fused-ring (bicyclic) bond motifs is 1. The van der Waals surface area contributed by atoms with Gasteiger partial charge in [-0.15, -0.1) is 0 Å². The number of amides is 2. The number of anilines is 1. The summed E-state index contributed by atoms with van der Waals surface area (Å²) in [6.45, 7) is 2.65. The molecule has 1 aliphatic heterocycles. The topological polar surface area (TPSA) is 80.1 Å². The maximum absolute atomic E-state index is 13.8. The van der Waals surface area contributed by atoms with Crippen LogP contribution in [0.15, 0.2) is 12.3 Å². The predicted molar refractivity (Wildman–Crippen MR) is 117 cm³/mol. The maximum atomic E-state index is 13.8. The first-order valence-corrected chi connectivity index (χ1v) is 11.8. The normalized spacial score (nSPS) is 33.9. The van der Waals surface area contributed by atoms with Gasteiger partial charge in [-0.1, -0.05) is 0 Å². The monoisotopic (exact) mass is 421 g/mol. The van der Waals surface area contributed by atoms with Gasteiger partial charge in [-0.2, -0.15) is 5.10 Å². The van der Waals surface area contributed by atoms with E-state index < -0.39 is 0 Å². The van der Waals surface area contributed by atoms with Crippen LogP contribution in [0, 0.1) is 30.1 Å². The highest BCUT2D eigenvalue weighted by atomic mass is 16.2. The molecular weight excluding hydrogens is 390 g/mol. The summed E-state index contributed by atoms with van der Waals surface area (Å²) in [5.74, 6) is 2.36. The van der Waals surface area contributed by atoms with Crippen molar-refractivity contribution in [3.05, 3.63) is 18.0 Å². The third-order valence-corrected chi connectivity index (χ3v) is 8.44. The minimum atomic E-state index is -0.369. The molecule has 1 atom stereocenters. The molecule has 31 heavy (non-hydrogen) atoms. The summed E-state index contributed by atoms with van der Waals surface area (Å²) in [5, 5.41) is 8.38. The molecule has 2 aromatic heterocycles. The van der Waals surface area contributed by atoms with Crippen molar-refractivity contribution in [2.75, 3.05) is 11.9 Å². The lowest BCUT2D eigenvalue weighted by Crippen LogP contribution is -2.56. The van der Waals surface area contributed by atoms with Gasteiger partial charge in [0, 0.05) is 19.0 Å². The fourth-order valence-corrected chi connectivity index (χ4v) is 7.56. The number of nitrogens with zero attached hydrogens (tertiary/aromatic N) is 4. The molecule has 1 N–H and O–H groups in total. The van der Waals surface area contributed by atoms with E-state index in [2.05, 4.69) is 15.4 Å². The number of likely N-dealkylation sites (tertiary alicyclic amines) is 1. The van der Waals surface area contributed by atoms with E-state index in [9.17, 15) is 9.59 Å². The van der Waals surface area contributed by atoms with E-state index in [1.54, 1.807) is 10.9 Å². The van der Waals surface area contributed by atoms with Gasteiger partial charge < -0.3 is 10.2 Å². The van der Waals surface area contributed by atoms with Gasteiger partial charge in [0.25, 0.3) is 0 Å². The third kappa shape index (κ3) is 2.99. The molecule has 0 radical (unpaired) electrons. The standard InChI is InChI=1S/C24H31N5O2/c1-14-19-9-18(13-25-21(19)28(2)27-14)26-22(30)20-4-3-5-29(20)23(31)24-10-15-6-16(11-24)8-17(7-15)12-24/h9,13,15-17,20H,3-8,10-12H2,1-2H3,(H,26,30).